The van der Waals surface area contributed by atoms with Crippen molar-refractivity contribution in [1.82, 2.24) is 19.7 Å². The Morgan fingerprint density at radius 1 is 1.23 bits per heavy atom. The summed E-state index contributed by atoms with van der Waals surface area (Å²) in [6.45, 7) is 0.220. The van der Waals surface area contributed by atoms with Gasteiger partial charge in [0.15, 0.2) is 5.56 Å². The number of aromatic hydroxyl groups is 1. The van der Waals surface area contributed by atoms with E-state index in [0.717, 1.165) is 5.56 Å². The largest absolute Gasteiger partial charge is 0.493 e. The standard InChI is InChI=1S/C15H12N4O3/c20-13(17-9-10-4-6-16-7-5-10)12-14(21)18-11-3-1-2-8-19(11)15(12)22/h1-8,21H,9H2,(H,17,20). The van der Waals surface area contributed by atoms with Gasteiger partial charge in [0, 0.05) is 25.1 Å². The highest BCUT2D eigenvalue weighted by Crippen LogP contribution is 2.11. The molecular weight excluding hydrogens is 284 g/mol. The normalized spacial score (nSPS) is 10.5. The highest BCUT2D eigenvalue weighted by molar-refractivity contribution is 5.96. The van der Waals surface area contributed by atoms with E-state index in [1.807, 2.05) is 0 Å². The summed E-state index contributed by atoms with van der Waals surface area (Å²) in [6, 6.07) is 8.38. The molecule has 3 aromatic rings. The van der Waals surface area contributed by atoms with Gasteiger partial charge in [-0.2, -0.15) is 4.98 Å². The SMILES string of the molecule is O=C(NCc1ccncc1)c1c(O)nc2ccccn2c1=O. The maximum Gasteiger partial charge on any atom is 0.274 e. The Morgan fingerprint density at radius 3 is 2.77 bits per heavy atom. The lowest BCUT2D eigenvalue weighted by atomic mass is 10.2. The van der Waals surface area contributed by atoms with Crippen molar-refractivity contribution in [2.75, 3.05) is 0 Å². The van der Waals surface area contributed by atoms with Crippen molar-refractivity contribution in [2.24, 2.45) is 0 Å². The minimum absolute atomic E-state index is 0.220. The predicted octanol–water partition coefficient (Wildman–Crippen LogP) is 0.725. The van der Waals surface area contributed by atoms with Gasteiger partial charge in [0.25, 0.3) is 11.5 Å². The van der Waals surface area contributed by atoms with E-state index in [2.05, 4.69) is 15.3 Å². The first kappa shape index (κ1) is 13.7. The molecule has 0 aliphatic heterocycles. The Hall–Kier alpha value is -3.22. The maximum absolute atomic E-state index is 12.3. The number of nitrogens with one attached hydrogen (secondary N) is 1. The number of hydrogen-bond donors (Lipinski definition) is 2. The monoisotopic (exact) mass is 296 g/mol. The molecule has 0 aromatic carbocycles. The fourth-order valence-electron chi connectivity index (χ4n) is 2.05. The molecule has 7 nitrogen and oxygen atoms in total. The van der Waals surface area contributed by atoms with E-state index in [9.17, 15) is 14.7 Å². The van der Waals surface area contributed by atoms with Crippen LogP contribution in [0, 0.1) is 0 Å². The van der Waals surface area contributed by atoms with Crippen molar-refractivity contribution < 1.29 is 9.90 Å². The Balaban J connectivity index is 1.92. The van der Waals surface area contributed by atoms with Gasteiger partial charge in [-0.3, -0.25) is 19.0 Å². The lowest BCUT2D eigenvalue weighted by Gasteiger charge is -2.07. The lowest BCUT2D eigenvalue weighted by Crippen LogP contribution is -2.31. The molecule has 0 fully saturated rings. The molecule has 7 heteroatoms. The molecule has 0 radical (unpaired) electrons. The molecule has 1 amide bonds. The van der Waals surface area contributed by atoms with Crippen LogP contribution in [-0.2, 0) is 6.54 Å². The number of hydrogen-bond acceptors (Lipinski definition) is 5. The van der Waals surface area contributed by atoms with Gasteiger partial charge in [0.2, 0.25) is 5.88 Å². The van der Waals surface area contributed by atoms with Gasteiger partial charge in [0.1, 0.15) is 5.65 Å². The van der Waals surface area contributed by atoms with Gasteiger partial charge in [-0.25, -0.2) is 0 Å². The molecular formula is C15H12N4O3. The number of amides is 1. The summed E-state index contributed by atoms with van der Waals surface area (Å²) < 4.78 is 1.21. The van der Waals surface area contributed by atoms with E-state index in [0.29, 0.717) is 0 Å². The third kappa shape index (κ3) is 2.51. The number of nitrogens with zero attached hydrogens (tertiary/aromatic N) is 3. The summed E-state index contributed by atoms with van der Waals surface area (Å²) in [5.41, 5.74) is 0.112. The zero-order valence-corrected chi connectivity index (χ0v) is 11.4. The molecule has 0 aliphatic carbocycles. The molecule has 0 aliphatic rings. The second-order valence-electron chi connectivity index (χ2n) is 4.58. The van der Waals surface area contributed by atoms with Crippen LogP contribution in [0.2, 0.25) is 0 Å². The molecule has 3 rings (SSSR count). The van der Waals surface area contributed by atoms with Crippen LogP contribution in [0.5, 0.6) is 5.88 Å². The zero-order valence-electron chi connectivity index (χ0n) is 11.4. The van der Waals surface area contributed by atoms with Gasteiger partial charge >= 0.3 is 0 Å². The molecule has 3 aromatic heterocycles. The highest BCUT2D eigenvalue weighted by Gasteiger charge is 2.19. The number of fused-ring (bicyclic) bond motifs is 1. The van der Waals surface area contributed by atoms with Gasteiger partial charge in [0.05, 0.1) is 0 Å². The van der Waals surface area contributed by atoms with Crippen LogP contribution in [0.1, 0.15) is 15.9 Å². The van der Waals surface area contributed by atoms with Crippen molar-refractivity contribution in [3.63, 3.8) is 0 Å². The Morgan fingerprint density at radius 2 is 2.00 bits per heavy atom. The Kier molecular flexibility index (Phi) is 3.53. The summed E-state index contributed by atoms with van der Waals surface area (Å²) in [4.78, 5) is 32.2. The maximum atomic E-state index is 12.3. The predicted molar refractivity (Wildman–Crippen MR) is 78.5 cm³/mol. The summed E-state index contributed by atoms with van der Waals surface area (Å²) >= 11 is 0. The van der Waals surface area contributed by atoms with Gasteiger partial charge < -0.3 is 10.4 Å². The van der Waals surface area contributed by atoms with E-state index in [-0.39, 0.29) is 17.8 Å². The lowest BCUT2D eigenvalue weighted by molar-refractivity contribution is 0.0945. The van der Waals surface area contributed by atoms with Gasteiger partial charge in [-0.1, -0.05) is 6.07 Å². The van der Waals surface area contributed by atoms with Gasteiger partial charge in [-0.05, 0) is 29.8 Å². The number of aromatic nitrogens is 3. The van der Waals surface area contributed by atoms with Crippen molar-refractivity contribution in [3.05, 3.63) is 70.4 Å². The van der Waals surface area contributed by atoms with Crippen LogP contribution in [0.4, 0.5) is 0 Å². The minimum atomic E-state index is -0.676. The minimum Gasteiger partial charge on any atom is -0.493 e. The second-order valence-corrected chi connectivity index (χ2v) is 4.58. The number of carbonyl (C=O) groups excluding carboxylic acids is 1. The first-order valence-corrected chi connectivity index (χ1v) is 6.54. The van der Waals surface area contributed by atoms with E-state index in [1.54, 1.807) is 42.7 Å². The fraction of sp³-hybridized carbons (Fsp3) is 0.0667. The number of rotatable bonds is 3. The second kappa shape index (κ2) is 5.65. The molecule has 3 heterocycles. The van der Waals surface area contributed by atoms with E-state index in [4.69, 9.17) is 0 Å². The third-order valence-electron chi connectivity index (χ3n) is 3.14. The average Bonchev–Trinajstić information content (AvgIpc) is 2.54. The molecule has 22 heavy (non-hydrogen) atoms. The van der Waals surface area contributed by atoms with Crippen LogP contribution in [0.3, 0.4) is 0 Å². The van der Waals surface area contributed by atoms with Crippen LogP contribution in [-0.4, -0.2) is 25.4 Å². The van der Waals surface area contributed by atoms with Crippen LogP contribution in [0.15, 0.2) is 53.7 Å². The molecule has 2 N–H and O–H groups in total. The quantitative estimate of drug-likeness (QED) is 0.742. The van der Waals surface area contributed by atoms with Crippen LogP contribution >= 0.6 is 0 Å². The topological polar surface area (TPSA) is 96.6 Å². The molecule has 110 valence electrons. The van der Waals surface area contributed by atoms with Crippen molar-refractivity contribution in [1.29, 1.82) is 0 Å². The summed E-state index contributed by atoms with van der Waals surface area (Å²) in [6.07, 6.45) is 4.70. The van der Waals surface area contributed by atoms with Crippen molar-refractivity contribution >= 4 is 11.6 Å². The molecule has 0 spiro atoms. The van der Waals surface area contributed by atoms with Gasteiger partial charge in [-0.15, -0.1) is 0 Å². The molecule has 0 unspecified atom stereocenters. The number of pyridine rings is 2. The van der Waals surface area contributed by atoms with Crippen molar-refractivity contribution in [2.45, 2.75) is 6.54 Å². The van der Waals surface area contributed by atoms with E-state index >= 15 is 0 Å². The fourth-order valence-corrected chi connectivity index (χ4v) is 2.05. The van der Waals surface area contributed by atoms with E-state index in [1.165, 1.54) is 10.6 Å². The summed E-state index contributed by atoms with van der Waals surface area (Å²) in [7, 11) is 0. The van der Waals surface area contributed by atoms with Crippen molar-refractivity contribution in [3.8, 4) is 5.88 Å². The van der Waals surface area contributed by atoms with Crippen LogP contribution in [0.25, 0.3) is 5.65 Å². The smallest absolute Gasteiger partial charge is 0.274 e. The molecule has 0 saturated carbocycles. The Labute approximate surface area is 124 Å². The molecule has 0 saturated heterocycles. The first-order chi connectivity index (χ1) is 10.7. The summed E-state index contributed by atoms with van der Waals surface area (Å²) in [5, 5.41) is 12.4. The Bertz CT molecular complexity index is 890. The van der Waals surface area contributed by atoms with Crippen LogP contribution < -0.4 is 10.9 Å². The molecule has 0 bridgehead atoms. The highest BCUT2D eigenvalue weighted by atomic mass is 16.3. The third-order valence-corrected chi connectivity index (χ3v) is 3.14. The molecule has 0 atom stereocenters. The number of carbonyl (C=O) groups is 1. The summed E-state index contributed by atoms with van der Waals surface area (Å²) in [5.74, 6) is -1.26. The van der Waals surface area contributed by atoms with E-state index < -0.39 is 17.3 Å². The first-order valence-electron chi connectivity index (χ1n) is 6.54. The zero-order chi connectivity index (χ0) is 15.5. The average molecular weight is 296 g/mol.